The van der Waals surface area contributed by atoms with Gasteiger partial charge in [0.05, 0.1) is 31.4 Å². The summed E-state index contributed by atoms with van der Waals surface area (Å²) in [5, 5.41) is 2.80. The number of nitrogens with one attached hydrogen (secondary N) is 1. The Bertz CT molecular complexity index is 1150. The topological polar surface area (TPSA) is 86.8 Å². The number of ketones is 1. The molecule has 0 fully saturated rings. The molecule has 0 aliphatic rings. The zero-order chi connectivity index (χ0) is 26.6. The third kappa shape index (κ3) is 9.40. The van der Waals surface area contributed by atoms with Crippen molar-refractivity contribution in [3.05, 3.63) is 78.2 Å². The number of pyridine rings is 1. The van der Waals surface area contributed by atoms with Crippen LogP contribution in [0.2, 0.25) is 0 Å². The normalized spacial score (nSPS) is 11.8. The van der Waals surface area contributed by atoms with E-state index in [4.69, 9.17) is 14.2 Å². The van der Waals surface area contributed by atoms with E-state index in [1.807, 2.05) is 38.1 Å². The Morgan fingerprint density at radius 2 is 1.62 bits per heavy atom. The van der Waals surface area contributed by atoms with Crippen molar-refractivity contribution >= 4 is 11.7 Å². The van der Waals surface area contributed by atoms with Crippen molar-refractivity contribution in [2.75, 3.05) is 26.9 Å². The zero-order valence-electron chi connectivity index (χ0n) is 21.4. The minimum Gasteiger partial charge on any atom is -0.457 e. The molecule has 0 bridgehead atoms. The first-order valence-electron chi connectivity index (χ1n) is 12.2. The van der Waals surface area contributed by atoms with Crippen LogP contribution < -0.4 is 10.1 Å². The van der Waals surface area contributed by atoms with E-state index in [1.165, 1.54) is 12.1 Å². The van der Waals surface area contributed by atoms with Gasteiger partial charge in [-0.25, -0.2) is 4.39 Å². The van der Waals surface area contributed by atoms with Gasteiger partial charge in [-0.2, -0.15) is 0 Å². The van der Waals surface area contributed by atoms with Crippen molar-refractivity contribution in [1.82, 2.24) is 10.3 Å². The van der Waals surface area contributed by atoms with E-state index in [1.54, 1.807) is 37.4 Å². The Kier molecular flexibility index (Phi) is 10.7. The minimum atomic E-state index is -0.619. The van der Waals surface area contributed by atoms with Gasteiger partial charge in [0.1, 0.15) is 23.9 Å². The minimum absolute atomic E-state index is 0.0990. The van der Waals surface area contributed by atoms with Gasteiger partial charge in [0, 0.05) is 18.4 Å². The number of aromatic nitrogens is 1. The Labute approximate surface area is 217 Å². The van der Waals surface area contributed by atoms with E-state index in [0.717, 1.165) is 11.3 Å². The van der Waals surface area contributed by atoms with Gasteiger partial charge in [-0.1, -0.05) is 19.9 Å². The molecule has 1 N–H and O–H groups in total. The Hall–Kier alpha value is -3.62. The fourth-order valence-electron chi connectivity index (χ4n) is 3.66. The van der Waals surface area contributed by atoms with Gasteiger partial charge in [-0.3, -0.25) is 14.6 Å². The van der Waals surface area contributed by atoms with Crippen LogP contribution in [0.15, 0.2) is 66.7 Å². The Morgan fingerprint density at radius 1 is 0.946 bits per heavy atom. The highest BCUT2D eigenvalue weighted by Gasteiger charge is 2.22. The number of hydrogen-bond donors (Lipinski definition) is 1. The summed E-state index contributed by atoms with van der Waals surface area (Å²) < 4.78 is 29.0. The molecular formula is C29H33FN2O5. The van der Waals surface area contributed by atoms with E-state index in [0.29, 0.717) is 36.8 Å². The number of halogens is 1. The number of ether oxygens (including phenoxy) is 3. The number of nitrogens with zero attached hydrogens (tertiary/aromatic N) is 1. The second-order valence-electron chi connectivity index (χ2n) is 9.03. The summed E-state index contributed by atoms with van der Waals surface area (Å²) in [6.45, 7) is 4.59. The molecule has 7 nitrogen and oxygen atoms in total. The first-order chi connectivity index (χ1) is 17.8. The highest BCUT2D eigenvalue weighted by Crippen LogP contribution is 2.25. The van der Waals surface area contributed by atoms with Gasteiger partial charge in [0.15, 0.2) is 5.78 Å². The predicted molar refractivity (Wildman–Crippen MR) is 139 cm³/mol. The van der Waals surface area contributed by atoms with Crippen LogP contribution in [0.1, 0.15) is 26.0 Å². The molecule has 1 heterocycles. The molecule has 1 aromatic heterocycles. The van der Waals surface area contributed by atoms with E-state index < -0.39 is 6.04 Å². The van der Waals surface area contributed by atoms with Crippen LogP contribution in [0.4, 0.5) is 4.39 Å². The monoisotopic (exact) mass is 508 g/mol. The first-order valence-corrected chi connectivity index (χ1v) is 12.2. The lowest BCUT2D eigenvalue weighted by molar-refractivity contribution is -0.131. The molecule has 0 aliphatic heterocycles. The second-order valence-corrected chi connectivity index (χ2v) is 9.03. The summed E-state index contributed by atoms with van der Waals surface area (Å²) >= 11 is 0. The molecule has 0 saturated heterocycles. The predicted octanol–water partition coefficient (Wildman–Crippen LogP) is 4.99. The molecule has 0 radical (unpaired) electrons. The maximum absolute atomic E-state index is 13.1. The maximum atomic E-state index is 13.1. The van der Waals surface area contributed by atoms with Gasteiger partial charge in [-0.05, 0) is 73.0 Å². The molecule has 0 saturated carbocycles. The summed E-state index contributed by atoms with van der Waals surface area (Å²) in [5.41, 5.74) is 2.20. The van der Waals surface area contributed by atoms with Crippen molar-refractivity contribution in [2.45, 2.75) is 32.7 Å². The van der Waals surface area contributed by atoms with Crippen molar-refractivity contribution in [2.24, 2.45) is 5.92 Å². The maximum Gasteiger partial charge on any atom is 0.246 e. The molecule has 1 amide bonds. The number of carbonyl (C=O) groups is 2. The molecule has 0 unspecified atom stereocenters. The second kappa shape index (κ2) is 14.2. The molecule has 8 heteroatoms. The largest absolute Gasteiger partial charge is 0.457 e. The first kappa shape index (κ1) is 28.0. The quantitative estimate of drug-likeness (QED) is 0.309. The van der Waals surface area contributed by atoms with E-state index in [2.05, 4.69) is 10.3 Å². The molecule has 196 valence electrons. The standard InChI is InChI=1S/C29H33FN2O5/c1-20(2)17-27(32-29(34)19-36-16-15-35-3)28(33)18-23-5-4-6-26(31-23)21-7-11-24(12-8-21)37-25-13-9-22(30)10-14-25/h4-14,20,27H,15-19H2,1-3H3,(H,32,34)/t27-/m0/s1. The highest BCUT2D eigenvalue weighted by atomic mass is 19.1. The lowest BCUT2D eigenvalue weighted by Gasteiger charge is -2.19. The number of methoxy groups -OCH3 is 1. The van der Waals surface area contributed by atoms with Crippen LogP contribution in [-0.2, 0) is 25.5 Å². The van der Waals surface area contributed by atoms with Crippen molar-refractivity contribution in [3.63, 3.8) is 0 Å². The molecule has 2 aromatic carbocycles. The highest BCUT2D eigenvalue weighted by molar-refractivity contribution is 5.90. The van der Waals surface area contributed by atoms with Crippen LogP contribution in [0.25, 0.3) is 11.3 Å². The summed E-state index contributed by atoms with van der Waals surface area (Å²) in [7, 11) is 1.56. The summed E-state index contributed by atoms with van der Waals surface area (Å²) in [5.74, 6) is 0.611. The third-order valence-corrected chi connectivity index (χ3v) is 5.46. The fourth-order valence-corrected chi connectivity index (χ4v) is 3.66. The number of carbonyl (C=O) groups excluding carboxylic acids is 2. The molecule has 0 aliphatic carbocycles. The number of Topliss-reactive ketones (excluding diaryl/α,β-unsaturated/α-hetero) is 1. The average molecular weight is 509 g/mol. The molecule has 37 heavy (non-hydrogen) atoms. The molecule has 3 aromatic rings. The smallest absolute Gasteiger partial charge is 0.246 e. The van der Waals surface area contributed by atoms with E-state index in [9.17, 15) is 14.0 Å². The molecular weight excluding hydrogens is 475 g/mol. The number of amides is 1. The molecule has 3 rings (SSSR count). The van der Waals surface area contributed by atoms with Crippen LogP contribution in [-0.4, -0.2) is 49.6 Å². The van der Waals surface area contributed by atoms with Crippen LogP contribution in [0.3, 0.4) is 0 Å². The van der Waals surface area contributed by atoms with E-state index >= 15 is 0 Å². The SMILES string of the molecule is COCCOCC(=O)N[C@@H](CC(C)C)C(=O)Cc1cccc(-c2ccc(Oc3ccc(F)cc3)cc2)n1. The average Bonchev–Trinajstić information content (AvgIpc) is 2.88. The summed E-state index contributed by atoms with van der Waals surface area (Å²) in [4.78, 5) is 30.0. The van der Waals surface area contributed by atoms with Crippen LogP contribution in [0, 0.1) is 11.7 Å². The van der Waals surface area contributed by atoms with Crippen LogP contribution >= 0.6 is 0 Å². The Morgan fingerprint density at radius 3 is 2.27 bits per heavy atom. The number of hydrogen-bond acceptors (Lipinski definition) is 6. The molecule has 0 spiro atoms. The fraction of sp³-hybridized carbons (Fsp3) is 0.345. The molecule has 1 atom stereocenters. The summed E-state index contributed by atoms with van der Waals surface area (Å²) in [6.07, 6.45) is 0.625. The van der Waals surface area contributed by atoms with Gasteiger partial charge in [-0.15, -0.1) is 0 Å². The van der Waals surface area contributed by atoms with Gasteiger partial charge in [0.25, 0.3) is 0 Å². The number of benzene rings is 2. The van der Waals surface area contributed by atoms with Crippen molar-refractivity contribution < 1.29 is 28.2 Å². The van der Waals surface area contributed by atoms with Crippen molar-refractivity contribution in [3.8, 4) is 22.8 Å². The van der Waals surface area contributed by atoms with Gasteiger partial charge in [0.2, 0.25) is 5.91 Å². The van der Waals surface area contributed by atoms with Gasteiger partial charge < -0.3 is 19.5 Å². The number of rotatable bonds is 14. The zero-order valence-corrected chi connectivity index (χ0v) is 21.4. The lowest BCUT2D eigenvalue weighted by atomic mass is 9.97. The van der Waals surface area contributed by atoms with E-state index in [-0.39, 0.29) is 36.5 Å². The lowest BCUT2D eigenvalue weighted by Crippen LogP contribution is -2.44. The van der Waals surface area contributed by atoms with Gasteiger partial charge >= 0.3 is 0 Å². The van der Waals surface area contributed by atoms with Crippen LogP contribution in [0.5, 0.6) is 11.5 Å². The van der Waals surface area contributed by atoms with Crippen molar-refractivity contribution in [1.29, 1.82) is 0 Å². The summed E-state index contributed by atoms with van der Waals surface area (Å²) in [6, 6.07) is 18.1. The third-order valence-electron chi connectivity index (χ3n) is 5.46. The Balaban J connectivity index is 1.63.